The molecule has 0 aliphatic carbocycles. The summed E-state index contributed by atoms with van der Waals surface area (Å²) in [6.45, 7) is 8.13. The molecule has 2 aromatic rings. The highest BCUT2D eigenvalue weighted by atomic mass is 16.5. The molecule has 30 heavy (non-hydrogen) atoms. The third kappa shape index (κ3) is 4.01. The molecule has 1 heterocycles. The van der Waals surface area contributed by atoms with E-state index in [0.29, 0.717) is 59.2 Å². The van der Waals surface area contributed by atoms with Crippen LogP contribution in [-0.4, -0.2) is 40.6 Å². The molecule has 1 atom stereocenters. The number of benzene rings is 2. The topological polar surface area (TPSA) is 101 Å². The van der Waals surface area contributed by atoms with Gasteiger partial charge in [0.05, 0.1) is 13.2 Å². The van der Waals surface area contributed by atoms with Gasteiger partial charge in [0.25, 0.3) is 0 Å². The van der Waals surface area contributed by atoms with E-state index < -0.39 is 0 Å². The van der Waals surface area contributed by atoms with Gasteiger partial charge in [-0.15, -0.1) is 5.10 Å². The molecule has 2 N–H and O–H groups in total. The Labute approximate surface area is 175 Å². The highest BCUT2D eigenvalue weighted by Gasteiger charge is 2.29. The molecule has 0 fully saturated rings. The minimum atomic E-state index is -0.348. The van der Waals surface area contributed by atoms with Crippen LogP contribution >= 0.6 is 0 Å². The van der Waals surface area contributed by atoms with Crippen molar-refractivity contribution in [3.05, 3.63) is 47.0 Å². The number of fused-ring (bicyclic) bond motifs is 1. The van der Waals surface area contributed by atoms with E-state index in [2.05, 4.69) is 10.2 Å². The average molecular weight is 410 g/mol. The van der Waals surface area contributed by atoms with Crippen LogP contribution in [0.4, 0.5) is 0 Å². The summed E-state index contributed by atoms with van der Waals surface area (Å²) < 4.78 is 11.4. The van der Waals surface area contributed by atoms with Crippen molar-refractivity contribution in [2.24, 2.45) is 10.2 Å². The van der Waals surface area contributed by atoms with Gasteiger partial charge in [-0.25, -0.2) is 0 Å². The summed E-state index contributed by atoms with van der Waals surface area (Å²) >= 11 is 0. The van der Waals surface area contributed by atoms with Crippen molar-refractivity contribution in [2.75, 3.05) is 13.2 Å². The molecule has 0 bridgehead atoms. The number of aromatic hydroxyl groups is 2. The van der Waals surface area contributed by atoms with Gasteiger partial charge in [-0.2, -0.15) is 5.10 Å². The normalized spacial score (nSPS) is 15.5. The first-order valence-electron chi connectivity index (χ1n) is 10.0. The number of rotatable bonds is 7. The molecular weight excluding hydrogens is 384 g/mol. The number of carbonyl (C=O) groups excluding carboxylic acids is 1. The smallest absolute Gasteiger partial charge is 0.176 e. The fourth-order valence-corrected chi connectivity index (χ4v) is 3.60. The van der Waals surface area contributed by atoms with Crippen LogP contribution < -0.4 is 9.47 Å². The van der Waals surface area contributed by atoms with Gasteiger partial charge in [-0.1, -0.05) is 6.92 Å². The first kappa shape index (κ1) is 21.4. The number of ketones is 1. The van der Waals surface area contributed by atoms with Crippen molar-refractivity contribution >= 4 is 17.2 Å². The van der Waals surface area contributed by atoms with Crippen LogP contribution in [0.25, 0.3) is 0 Å². The second-order valence-corrected chi connectivity index (χ2v) is 6.91. The van der Waals surface area contributed by atoms with Crippen LogP contribution in [-0.2, 0) is 4.79 Å². The van der Waals surface area contributed by atoms with E-state index in [9.17, 15) is 15.0 Å². The van der Waals surface area contributed by atoms with Crippen molar-refractivity contribution in [1.82, 2.24) is 0 Å². The predicted molar refractivity (Wildman–Crippen MR) is 115 cm³/mol. The van der Waals surface area contributed by atoms with Crippen LogP contribution in [0.3, 0.4) is 0 Å². The average Bonchev–Trinajstić information content (AvgIpc) is 2.87. The van der Waals surface area contributed by atoms with Gasteiger partial charge < -0.3 is 19.7 Å². The summed E-state index contributed by atoms with van der Waals surface area (Å²) in [5, 5.41) is 28.9. The summed E-state index contributed by atoms with van der Waals surface area (Å²) in [6.07, 6.45) is 0.589. The fraction of sp³-hybridized carbons (Fsp3) is 0.348. The monoisotopic (exact) mass is 410 g/mol. The standard InChI is InChI=1S/C23H26N2O5/c1-5-15-16-11-18(27)19(28)12-17(16)23(25-24-22(15)13(4)26)14-8-9-20(29-6-2)21(10-14)30-7-3/h8-12,15,27-28H,5-7H2,1-4H3/t15-/m1/s1. The van der Waals surface area contributed by atoms with E-state index in [1.807, 2.05) is 26.8 Å². The number of ether oxygens (including phenoxy) is 2. The van der Waals surface area contributed by atoms with Crippen molar-refractivity contribution in [1.29, 1.82) is 0 Å². The maximum atomic E-state index is 12.2. The van der Waals surface area contributed by atoms with E-state index in [0.717, 1.165) is 0 Å². The quantitative estimate of drug-likeness (QED) is 0.667. The summed E-state index contributed by atoms with van der Waals surface area (Å²) in [6, 6.07) is 8.37. The minimum Gasteiger partial charge on any atom is -0.504 e. The van der Waals surface area contributed by atoms with Gasteiger partial charge in [0.15, 0.2) is 28.8 Å². The molecule has 0 spiro atoms. The lowest BCUT2D eigenvalue weighted by Crippen LogP contribution is -2.20. The highest BCUT2D eigenvalue weighted by Crippen LogP contribution is 2.38. The molecule has 0 saturated heterocycles. The van der Waals surface area contributed by atoms with Gasteiger partial charge in [-0.05, 0) is 56.2 Å². The minimum absolute atomic E-state index is 0.188. The molecule has 0 aromatic heterocycles. The lowest BCUT2D eigenvalue weighted by atomic mass is 9.84. The molecule has 0 radical (unpaired) electrons. The molecule has 158 valence electrons. The number of Topliss-reactive ketones (excluding diaryl/α,β-unsaturated/α-hetero) is 1. The predicted octanol–water partition coefficient (Wildman–Crippen LogP) is 4.18. The van der Waals surface area contributed by atoms with Gasteiger partial charge in [0, 0.05) is 24.0 Å². The second kappa shape index (κ2) is 8.98. The lowest BCUT2D eigenvalue weighted by Gasteiger charge is -2.19. The van der Waals surface area contributed by atoms with Crippen molar-refractivity contribution in [3.8, 4) is 23.0 Å². The zero-order chi connectivity index (χ0) is 21.8. The third-order valence-corrected chi connectivity index (χ3v) is 4.95. The summed E-state index contributed by atoms with van der Waals surface area (Å²) in [7, 11) is 0. The van der Waals surface area contributed by atoms with Crippen LogP contribution in [0.5, 0.6) is 23.0 Å². The molecule has 7 heteroatoms. The third-order valence-electron chi connectivity index (χ3n) is 4.95. The Morgan fingerprint density at radius 2 is 1.63 bits per heavy atom. The Morgan fingerprint density at radius 1 is 0.967 bits per heavy atom. The van der Waals surface area contributed by atoms with Gasteiger partial charge in [0.2, 0.25) is 0 Å². The molecule has 3 rings (SSSR count). The van der Waals surface area contributed by atoms with Gasteiger partial charge >= 0.3 is 0 Å². The van der Waals surface area contributed by atoms with E-state index in [-0.39, 0.29) is 23.2 Å². The zero-order valence-corrected chi connectivity index (χ0v) is 17.6. The number of phenols is 2. The van der Waals surface area contributed by atoms with Crippen LogP contribution in [0.2, 0.25) is 0 Å². The Balaban J connectivity index is 2.25. The van der Waals surface area contributed by atoms with E-state index in [4.69, 9.17) is 9.47 Å². The lowest BCUT2D eigenvalue weighted by molar-refractivity contribution is -0.111. The summed E-state index contributed by atoms with van der Waals surface area (Å²) in [5.74, 6) is 0.129. The Morgan fingerprint density at radius 3 is 2.27 bits per heavy atom. The number of hydrogen-bond acceptors (Lipinski definition) is 7. The Bertz CT molecular complexity index is 1030. The molecule has 7 nitrogen and oxygen atoms in total. The number of nitrogens with zero attached hydrogens (tertiary/aromatic N) is 2. The van der Waals surface area contributed by atoms with Crippen molar-refractivity contribution < 1.29 is 24.5 Å². The van der Waals surface area contributed by atoms with Crippen LogP contribution in [0, 0.1) is 0 Å². The van der Waals surface area contributed by atoms with E-state index >= 15 is 0 Å². The second-order valence-electron chi connectivity index (χ2n) is 6.91. The molecule has 1 aliphatic rings. The van der Waals surface area contributed by atoms with E-state index in [1.54, 1.807) is 12.1 Å². The molecule has 0 amide bonds. The number of phenolic OH excluding ortho intramolecular Hbond substituents is 2. The Kier molecular flexibility index (Phi) is 6.40. The maximum absolute atomic E-state index is 12.2. The molecular formula is C23H26N2O5. The molecule has 0 unspecified atom stereocenters. The fourth-order valence-electron chi connectivity index (χ4n) is 3.60. The van der Waals surface area contributed by atoms with E-state index in [1.165, 1.54) is 19.1 Å². The first-order valence-corrected chi connectivity index (χ1v) is 10.0. The summed E-state index contributed by atoms with van der Waals surface area (Å²) in [5.41, 5.74) is 2.76. The largest absolute Gasteiger partial charge is 0.504 e. The van der Waals surface area contributed by atoms with Crippen molar-refractivity contribution in [2.45, 2.75) is 40.0 Å². The highest BCUT2D eigenvalue weighted by molar-refractivity contribution is 6.41. The van der Waals surface area contributed by atoms with Gasteiger partial charge in [0.1, 0.15) is 11.4 Å². The summed E-state index contributed by atoms with van der Waals surface area (Å²) in [4.78, 5) is 12.2. The zero-order valence-electron chi connectivity index (χ0n) is 17.6. The van der Waals surface area contributed by atoms with Gasteiger partial charge in [-0.3, -0.25) is 4.79 Å². The first-order chi connectivity index (χ1) is 14.4. The number of hydrogen-bond donors (Lipinski definition) is 2. The SMILES string of the molecule is CCOc1ccc(C2=NN=C(C(C)=O)[C@H](CC)c3cc(O)c(O)cc32)cc1OCC. The Hall–Kier alpha value is -3.35. The number of carbonyl (C=O) groups is 1. The molecule has 0 saturated carbocycles. The van der Waals surface area contributed by atoms with Crippen LogP contribution in [0.1, 0.15) is 56.7 Å². The van der Waals surface area contributed by atoms with Crippen LogP contribution in [0.15, 0.2) is 40.5 Å². The molecule has 1 aliphatic heterocycles. The van der Waals surface area contributed by atoms with Crippen molar-refractivity contribution in [3.63, 3.8) is 0 Å². The maximum Gasteiger partial charge on any atom is 0.176 e. The molecule has 2 aromatic carbocycles.